The van der Waals surface area contributed by atoms with Crippen LogP contribution in [0.15, 0.2) is 54.7 Å². The lowest BCUT2D eigenvalue weighted by molar-refractivity contribution is -0.137. The smallest absolute Gasteiger partial charge is 0.416 e. The van der Waals surface area contributed by atoms with Crippen LogP contribution in [0.4, 0.5) is 23.7 Å². The molecular weight excluding hydrogens is 453 g/mol. The number of halogens is 3. The number of urea groups is 1. The van der Waals surface area contributed by atoms with Crippen LogP contribution in [-0.2, 0) is 19.3 Å². The average molecular weight is 474 g/mol. The van der Waals surface area contributed by atoms with E-state index in [2.05, 4.69) is 15.6 Å². The van der Waals surface area contributed by atoms with E-state index < -0.39 is 23.7 Å². The van der Waals surface area contributed by atoms with E-state index in [4.69, 9.17) is 15.6 Å². The number of alkyl halides is 3. The summed E-state index contributed by atoms with van der Waals surface area (Å²) in [6, 6.07) is 10.2. The van der Waals surface area contributed by atoms with E-state index in [0.29, 0.717) is 22.6 Å². The number of carbonyl (C=O) groups is 2. The minimum atomic E-state index is -4.55. The van der Waals surface area contributed by atoms with Crippen LogP contribution < -0.4 is 21.1 Å². The Hall–Kier alpha value is -4.12. The van der Waals surface area contributed by atoms with Crippen molar-refractivity contribution in [2.45, 2.75) is 26.2 Å². The molecule has 3 aromatic rings. The molecule has 34 heavy (non-hydrogen) atoms. The van der Waals surface area contributed by atoms with Crippen LogP contribution in [0.1, 0.15) is 32.7 Å². The van der Waals surface area contributed by atoms with Crippen LogP contribution in [0.25, 0.3) is 0 Å². The molecule has 5 N–H and O–H groups in total. The molecule has 0 saturated heterocycles. The molecule has 0 saturated carbocycles. The summed E-state index contributed by atoms with van der Waals surface area (Å²) in [6.45, 7) is 1.83. The molecule has 0 atom stereocenters. The first-order valence-corrected chi connectivity index (χ1v) is 9.98. The third kappa shape index (κ3) is 6.23. The first-order chi connectivity index (χ1) is 16.1. The highest BCUT2D eigenvalue weighted by molar-refractivity contribution is 5.90. The molecule has 3 rings (SSSR count). The Labute approximate surface area is 192 Å². The van der Waals surface area contributed by atoms with Crippen LogP contribution in [-0.4, -0.2) is 22.1 Å². The van der Waals surface area contributed by atoms with E-state index in [-0.39, 0.29) is 24.5 Å². The second kappa shape index (κ2) is 10.2. The molecule has 0 fully saturated rings. The van der Waals surface area contributed by atoms with E-state index in [1.54, 1.807) is 25.1 Å². The number of carbonyl (C=O) groups excluding carboxylic acids is 1. The summed E-state index contributed by atoms with van der Waals surface area (Å²) in [4.78, 5) is 27.0. The third-order valence-electron chi connectivity index (χ3n) is 4.78. The number of nitrogens with one attached hydrogen (secondary N) is 2. The highest BCUT2D eigenvalue weighted by Gasteiger charge is 2.31. The summed E-state index contributed by atoms with van der Waals surface area (Å²) in [5.74, 6) is -0.393. The van der Waals surface area contributed by atoms with Crippen molar-refractivity contribution in [3.8, 4) is 11.5 Å². The summed E-state index contributed by atoms with van der Waals surface area (Å²) in [7, 11) is 0. The summed E-state index contributed by atoms with van der Waals surface area (Å²) in [5, 5.41) is 14.0. The fourth-order valence-electron chi connectivity index (χ4n) is 3.05. The van der Waals surface area contributed by atoms with Gasteiger partial charge < -0.3 is 26.2 Å². The number of aromatic nitrogens is 1. The molecule has 0 unspecified atom stereocenters. The summed E-state index contributed by atoms with van der Waals surface area (Å²) in [5.41, 5.74) is 6.29. The van der Waals surface area contributed by atoms with Gasteiger partial charge in [0.05, 0.1) is 5.56 Å². The molecular formula is C23H21F3N4O4. The fourth-order valence-corrected chi connectivity index (χ4v) is 3.05. The molecule has 0 aliphatic heterocycles. The second-order valence-electron chi connectivity index (χ2n) is 7.27. The van der Waals surface area contributed by atoms with Crippen LogP contribution in [0.5, 0.6) is 11.5 Å². The van der Waals surface area contributed by atoms with Crippen LogP contribution >= 0.6 is 0 Å². The van der Waals surface area contributed by atoms with E-state index in [0.717, 1.165) is 17.7 Å². The van der Waals surface area contributed by atoms with Crippen molar-refractivity contribution in [1.82, 2.24) is 10.3 Å². The molecule has 2 aromatic carbocycles. The zero-order chi connectivity index (χ0) is 24.9. The number of benzene rings is 2. The number of carboxylic acid groups (broad SMARTS) is 1. The molecule has 1 aromatic heterocycles. The number of hydrogen-bond acceptors (Lipinski definition) is 5. The lowest BCUT2D eigenvalue weighted by Gasteiger charge is -2.15. The number of nitrogens with zero attached hydrogens (tertiary/aromatic N) is 1. The Balaban J connectivity index is 1.64. The maximum Gasteiger partial charge on any atom is 0.416 e. The first-order valence-electron chi connectivity index (χ1n) is 9.98. The summed E-state index contributed by atoms with van der Waals surface area (Å²) in [6.07, 6.45) is -3.22. The number of anilines is 1. The number of carboxylic acids is 1. The van der Waals surface area contributed by atoms with E-state index in [1.165, 1.54) is 24.4 Å². The van der Waals surface area contributed by atoms with Gasteiger partial charge in [-0.2, -0.15) is 13.2 Å². The molecule has 0 bridgehead atoms. The summed E-state index contributed by atoms with van der Waals surface area (Å²) < 4.78 is 44.6. The van der Waals surface area contributed by atoms with Gasteiger partial charge in [-0.05, 0) is 47.9 Å². The fraction of sp³-hybridized carbons (Fsp3) is 0.174. The zero-order valence-electron chi connectivity index (χ0n) is 17.9. The normalized spacial score (nSPS) is 11.1. The highest BCUT2D eigenvalue weighted by atomic mass is 19.4. The lowest BCUT2D eigenvalue weighted by Crippen LogP contribution is -2.29. The molecule has 8 nitrogen and oxygen atoms in total. The minimum absolute atomic E-state index is 0.0205. The third-order valence-corrected chi connectivity index (χ3v) is 4.78. The standard InChI is InChI=1S/C23H21F3N4O4/c1-13-8-14(2-5-20(13)34-17-6-7-28-19(10-17)21(31)32)12-29-22(33)30-18-9-16(23(24,25)26)4-3-15(18)11-27/h2-10H,11-12,27H2,1H3,(H,31,32)(H2,29,30,33). The van der Waals surface area contributed by atoms with Gasteiger partial charge in [-0.25, -0.2) is 14.6 Å². The first kappa shape index (κ1) is 24.5. The topological polar surface area (TPSA) is 127 Å². The number of pyridine rings is 1. The van der Waals surface area contributed by atoms with Crippen molar-refractivity contribution in [2.24, 2.45) is 5.73 Å². The van der Waals surface area contributed by atoms with Crippen LogP contribution in [0.2, 0.25) is 0 Å². The van der Waals surface area contributed by atoms with Crippen molar-refractivity contribution in [3.63, 3.8) is 0 Å². The number of amides is 2. The van der Waals surface area contributed by atoms with E-state index in [9.17, 15) is 22.8 Å². The van der Waals surface area contributed by atoms with Gasteiger partial charge in [-0.15, -0.1) is 0 Å². The van der Waals surface area contributed by atoms with Gasteiger partial charge in [0.2, 0.25) is 0 Å². The number of nitrogens with two attached hydrogens (primary N) is 1. The van der Waals surface area contributed by atoms with Gasteiger partial charge in [-0.3, -0.25) is 0 Å². The molecule has 11 heteroatoms. The quantitative estimate of drug-likeness (QED) is 0.394. The number of aryl methyl sites for hydroxylation is 1. The number of aromatic carboxylic acids is 1. The van der Waals surface area contributed by atoms with Crippen molar-refractivity contribution < 1.29 is 32.6 Å². The Morgan fingerprint density at radius 3 is 2.53 bits per heavy atom. The molecule has 2 amide bonds. The van der Waals surface area contributed by atoms with Crippen molar-refractivity contribution >= 4 is 17.7 Å². The van der Waals surface area contributed by atoms with Crippen molar-refractivity contribution in [1.29, 1.82) is 0 Å². The van der Waals surface area contributed by atoms with Gasteiger partial charge >= 0.3 is 18.2 Å². The molecule has 0 radical (unpaired) electrons. The van der Waals surface area contributed by atoms with E-state index >= 15 is 0 Å². The van der Waals surface area contributed by atoms with Gasteiger partial charge in [-0.1, -0.05) is 18.2 Å². The SMILES string of the molecule is Cc1cc(CNC(=O)Nc2cc(C(F)(F)F)ccc2CN)ccc1Oc1ccnc(C(=O)O)c1. The Bertz CT molecular complexity index is 1220. The summed E-state index contributed by atoms with van der Waals surface area (Å²) >= 11 is 0. The minimum Gasteiger partial charge on any atom is -0.477 e. The maximum atomic E-state index is 13.0. The molecule has 178 valence electrons. The van der Waals surface area contributed by atoms with Crippen molar-refractivity contribution in [3.05, 3.63) is 82.7 Å². The monoisotopic (exact) mass is 474 g/mol. The van der Waals surface area contributed by atoms with E-state index in [1.807, 2.05) is 0 Å². The Morgan fingerprint density at radius 2 is 1.88 bits per heavy atom. The average Bonchev–Trinajstić information content (AvgIpc) is 2.79. The molecule has 0 aliphatic rings. The van der Waals surface area contributed by atoms with Gasteiger partial charge in [0, 0.05) is 31.0 Å². The number of rotatable bonds is 7. The predicted octanol–water partition coefficient (Wildman–Crippen LogP) is 4.68. The van der Waals surface area contributed by atoms with Gasteiger partial charge in [0.15, 0.2) is 5.69 Å². The predicted molar refractivity (Wildman–Crippen MR) is 118 cm³/mol. The lowest BCUT2D eigenvalue weighted by atomic mass is 10.1. The Kier molecular flexibility index (Phi) is 7.37. The maximum absolute atomic E-state index is 13.0. The highest BCUT2D eigenvalue weighted by Crippen LogP contribution is 2.32. The van der Waals surface area contributed by atoms with Crippen LogP contribution in [0, 0.1) is 6.92 Å². The van der Waals surface area contributed by atoms with Crippen LogP contribution in [0.3, 0.4) is 0 Å². The largest absolute Gasteiger partial charge is 0.477 e. The number of ether oxygens (including phenoxy) is 1. The van der Waals surface area contributed by atoms with Gasteiger partial charge in [0.25, 0.3) is 0 Å². The number of hydrogen-bond donors (Lipinski definition) is 4. The second-order valence-corrected chi connectivity index (χ2v) is 7.27. The Morgan fingerprint density at radius 1 is 1.12 bits per heavy atom. The molecule has 0 spiro atoms. The van der Waals surface area contributed by atoms with Crippen molar-refractivity contribution in [2.75, 3.05) is 5.32 Å². The molecule has 0 aliphatic carbocycles. The zero-order valence-corrected chi connectivity index (χ0v) is 17.9. The molecule has 1 heterocycles. The van der Waals surface area contributed by atoms with Gasteiger partial charge in [0.1, 0.15) is 11.5 Å².